The quantitative estimate of drug-likeness (QED) is 0.0505. The number of ether oxygens (including phenoxy) is 2. The van der Waals surface area contributed by atoms with Crippen LogP contribution in [0.2, 0.25) is 0 Å². The lowest BCUT2D eigenvalue weighted by atomic mass is 9.87. The molecule has 0 aliphatic heterocycles. The van der Waals surface area contributed by atoms with E-state index in [9.17, 15) is 14.7 Å². The molecule has 0 heterocycles. The summed E-state index contributed by atoms with van der Waals surface area (Å²) < 4.78 is 11.4. The van der Waals surface area contributed by atoms with Crippen molar-refractivity contribution in [1.29, 1.82) is 0 Å². The van der Waals surface area contributed by atoms with Crippen LogP contribution in [0.3, 0.4) is 0 Å². The van der Waals surface area contributed by atoms with Crippen molar-refractivity contribution in [2.45, 2.75) is 222 Å². The van der Waals surface area contributed by atoms with E-state index in [0.29, 0.717) is 13.2 Å². The van der Waals surface area contributed by atoms with Crippen LogP contribution in [0.4, 0.5) is 0 Å². The summed E-state index contributed by atoms with van der Waals surface area (Å²) in [6.45, 7) is 19.0. The van der Waals surface area contributed by atoms with Crippen LogP contribution in [0, 0.1) is 16.7 Å². The van der Waals surface area contributed by atoms with Crippen molar-refractivity contribution in [3.8, 4) is 0 Å². The van der Waals surface area contributed by atoms with Crippen molar-refractivity contribution in [1.82, 2.24) is 4.90 Å². The molecule has 0 unspecified atom stereocenters. The van der Waals surface area contributed by atoms with Crippen LogP contribution in [0.25, 0.3) is 0 Å². The van der Waals surface area contributed by atoms with E-state index in [1.54, 1.807) is 0 Å². The molecule has 0 saturated heterocycles. The summed E-state index contributed by atoms with van der Waals surface area (Å²) in [6, 6.07) is 0. The topological polar surface area (TPSA) is 76.1 Å². The van der Waals surface area contributed by atoms with E-state index in [1.807, 2.05) is 27.7 Å². The summed E-state index contributed by atoms with van der Waals surface area (Å²) in [5.74, 6) is 0.706. The zero-order valence-electron chi connectivity index (χ0n) is 35.4. The number of carbonyl (C=O) groups excluding carboxylic acids is 2. The van der Waals surface area contributed by atoms with Gasteiger partial charge in [0, 0.05) is 6.54 Å². The van der Waals surface area contributed by atoms with Gasteiger partial charge in [-0.3, -0.25) is 9.59 Å². The molecule has 0 aromatic rings. The fraction of sp³-hybridized carbons (Fsp3) is 0.956. The van der Waals surface area contributed by atoms with Crippen molar-refractivity contribution in [2.24, 2.45) is 16.7 Å². The van der Waals surface area contributed by atoms with Crippen molar-refractivity contribution < 1.29 is 24.2 Å². The fourth-order valence-electron chi connectivity index (χ4n) is 7.14. The smallest absolute Gasteiger partial charge is 0.311 e. The Morgan fingerprint density at radius 1 is 0.490 bits per heavy atom. The van der Waals surface area contributed by atoms with E-state index in [2.05, 4.69) is 25.7 Å². The van der Waals surface area contributed by atoms with Crippen LogP contribution < -0.4 is 0 Å². The van der Waals surface area contributed by atoms with E-state index in [-0.39, 0.29) is 18.5 Å². The van der Waals surface area contributed by atoms with Crippen LogP contribution in [0.15, 0.2) is 0 Å². The lowest BCUT2D eigenvalue weighted by Crippen LogP contribution is -2.29. The molecule has 0 aromatic carbocycles. The first kappa shape index (κ1) is 49.9. The first-order valence-electron chi connectivity index (χ1n) is 22.2. The first-order valence-corrected chi connectivity index (χ1v) is 22.2. The zero-order valence-corrected chi connectivity index (χ0v) is 35.4. The average Bonchev–Trinajstić information content (AvgIpc) is 3.10. The number of carbonyl (C=O) groups is 2. The molecular weight excluding hydrogens is 634 g/mol. The second-order valence-corrected chi connectivity index (χ2v) is 17.1. The monoisotopic (exact) mass is 724 g/mol. The van der Waals surface area contributed by atoms with Gasteiger partial charge < -0.3 is 19.5 Å². The van der Waals surface area contributed by atoms with Crippen LogP contribution >= 0.6 is 0 Å². The highest BCUT2D eigenvalue weighted by molar-refractivity contribution is 5.76. The molecule has 6 heteroatoms. The fourth-order valence-corrected chi connectivity index (χ4v) is 7.14. The molecule has 0 amide bonds. The summed E-state index contributed by atoms with van der Waals surface area (Å²) in [5.41, 5.74) is -0.836. The van der Waals surface area contributed by atoms with Gasteiger partial charge in [0.1, 0.15) is 0 Å². The maximum Gasteiger partial charge on any atom is 0.311 e. The molecule has 0 rings (SSSR count). The Morgan fingerprint density at radius 3 is 1.33 bits per heavy atom. The summed E-state index contributed by atoms with van der Waals surface area (Å²) in [6.07, 6.45) is 31.9. The lowest BCUT2D eigenvalue weighted by molar-refractivity contribution is -0.155. The summed E-state index contributed by atoms with van der Waals surface area (Å²) >= 11 is 0. The van der Waals surface area contributed by atoms with E-state index in [0.717, 1.165) is 109 Å². The molecule has 0 aromatic heterocycles. The molecule has 0 spiro atoms. The Labute approximate surface area is 318 Å². The lowest BCUT2D eigenvalue weighted by Gasteiger charge is -2.24. The Bertz CT molecular complexity index is 787. The summed E-state index contributed by atoms with van der Waals surface area (Å²) in [7, 11) is 0. The van der Waals surface area contributed by atoms with Gasteiger partial charge in [-0.1, -0.05) is 149 Å². The van der Waals surface area contributed by atoms with Gasteiger partial charge in [0.05, 0.1) is 30.7 Å². The Morgan fingerprint density at radius 2 is 0.863 bits per heavy atom. The Kier molecular flexibility index (Phi) is 32.7. The molecule has 0 fully saturated rings. The molecule has 0 aliphatic rings. The van der Waals surface area contributed by atoms with Gasteiger partial charge in [-0.05, 0) is 91.6 Å². The molecule has 0 radical (unpaired) electrons. The van der Waals surface area contributed by atoms with Crippen LogP contribution in [-0.4, -0.2) is 61.4 Å². The largest absolute Gasteiger partial charge is 0.465 e. The predicted molar refractivity (Wildman–Crippen MR) is 218 cm³/mol. The molecule has 51 heavy (non-hydrogen) atoms. The number of nitrogens with zero attached hydrogens (tertiary/aromatic N) is 1. The Balaban J connectivity index is 4.11. The maximum absolute atomic E-state index is 12.9. The van der Waals surface area contributed by atoms with Crippen molar-refractivity contribution in [3.05, 3.63) is 0 Å². The highest BCUT2D eigenvalue weighted by Gasteiger charge is 2.29. The number of unbranched alkanes of at least 4 members (excludes halogenated alkanes) is 16. The third kappa shape index (κ3) is 29.0. The molecule has 1 N–H and O–H groups in total. The number of hydrogen-bond donors (Lipinski definition) is 1. The van der Waals surface area contributed by atoms with Crippen molar-refractivity contribution in [3.63, 3.8) is 0 Å². The van der Waals surface area contributed by atoms with Crippen molar-refractivity contribution in [2.75, 3.05) is 39.5 Å². The second kappa shape index (κ2) is 33.4. The first-order chi connectivity index (χ1) is 24.5. The molecule has 0 aliphatic carbocycles. The minimum atomic E-state index is -0.423. The summed E-state index contributed by atoms with van der Waals surface area (Å²) in [5, 5.41) is 9.60. The van der Waals surface area contributed by atoms with E-state index in [4.69, 9.17) is 9.47 Å². The van der Waals surface area contributed by atoms with Crippen LogP contribution in [0.5, 0.6) is 0 Å². The van der Waals surface area contributed by atoms with Gasteiger partial charge in [0.2, 0.25) is 0 Å². The predicted octanol–water partition coefficient (Wildman–Crippen LogP) is 12.6. The molecule has 0 bridgehead atoms. The number of aliphatic hydroxyl groups excluding tert-OH is 1. The number of rotatable bonds is 38. The van der Waals surface area contributed by atoms with Gasteiger partial charge in [-0.25, -0.2) is 0 Å². The third-order valence-corrected chi connectivity index (χ3v) is 11.0. The molecule has 0 atom stereocenters. The number of aliphatic hydroxyl groups is 1. The van der Waals surface area contributed by atoms with Gasteiger partial charge in [0.15, 0.2) is 0 Å². The maximum atomic E-state index is 12.9. The van der Waals surface area contributed by atoms with Gasteiger partial charge >= 0.3 is 11.9 Å². The number of esters is 2. The zero-order chi connectivity index (χ0) is 38.1. The van der Waals surface area contributed by atoms with Gasteiger partial charge in [-0.2, -0.15) is 0 Å². The van der Waals surface area contributed by atoms with Gasteiger partial charge in [0.25, 0.3) is 0 Å². The van der Waals surface area contributed by atoms with E-state index in [1.165, 1.54) is 89.9 Å². The van der Waals surface area contributed by atoms with E-state index >= 15 is 0 Å². The normalized spacial score (nSPS) is 12.3. The standard InChI is InChI=1S/C45H89NO5/c1-8-11-14-15-16-21-28-39-50-42(48)44(4,5)33-24-17-19-26-35-46(37-38-47)36-27-20-18-25-34-45(6,7)43(49)51-40-29-32-41(30-22-12-9-2)31-23-13-10-3/h41,47H,8-40H2,1-7H3. The van der Waals surface area contributed by atoms with Gasteiger partial charge in [-0.15, -0.1) is 0 Å². The molecule has 304 valence electrons. The van der Waals surface area contributed by atoms with Crippen LogP contribution in [-0.2, 0) is 19.1 Å². The van der Waals surface area contributed by atoms with E-state index < -0.39 is 10.8 Å². The minimum absolute atomic E-state index is 0.0348. The molecule has 0 saturated carbocycles. The Hall–Kier alpha value is -1.14. The second-order valence-electron chi connectivity index (χ2n) is 17.1. The average molecular weight is 724 g/mol. The highest BCUT2D eigenvalue weighted by Crippen LogP contribution is 2.28. The SMILES string of the molecule is CCCCCCCCCOC(=O)C(C)(C)CCCCCCN(CCO)CCCCCCC(C)(C)C(=O)OCCCC(CCCCC)CCCCC. The highest BCUT2D eigenvalue weighted by atomic mass is 16.5. The molecule has 6 nitrogen and oxygen atoms in total. The number of hydrogen-bond acceptors (Lipinski definition) is 6. The third-order valence-electron chi connectivity index (χ3n) is 11.0. The molecular formula is C45H89NO5. The van der Waals surface area contributed by atoms with Crippen LogP contribution in [0.1, 0.15) is 222 Å². The minimum Gasteiger partial charge on any atom is -0.465 e. The van der Waals surface area contributed by atoms with Crippen molar-refractivity contribution >= 4 is 11.9 Å². The summed E-state index contributed by atoms with van der Waals surface area (Å²) in [4.78, 5) is 27.9.